The van der Waals surface area contributed by atoms with Gasteiger partial charge >= 0.3 is 0 Å². The van der Waals surface area contributed by atoms with Crippen molar-refractivity contribution >= 4 is 23.2 Å². The zero-order valence-electron chi connectivity index (χ0n) is 11.4. The van der Waals surface area contributed by atoms with Gasteiger partial charge in [-0.15, -0.1) is 0 Å². The molecule has 1 unspecified atom stereocenters. The van der Waals surface area contributed by atoms with Gasteiger partial charge < -0.3 is 10.4 Å². The molecule has 2 rings (SSSR count). The van der Waals surface area contributed by atoms with E-state index in [-0.39, 0.29) is 25.1 Å². The maximum Gasteiger partial charge on any atom is 0.238 e. The van der Waals surface area contributed by atoms with Crippen molar-refractivity contribution in [3.63, 3.8) is 0 Å². The molecule has 0 saturated heterocycles. The number of rotatable bonds is 6. The highest BCUT2D eigenvalue weighted by Crippen LogP contribution is 2.14. The number of amides is 1. The number of anilines is 1. The Labute approximate surface area is 128 Å². The monoisotopic (exact) mass is 304 g/mol. The number of benzene rings is 2. The molecule has 0 saturated carbocycles. The van der Waals surface area contributed by atoms with E-state index in [4.69, 9.17) is 11.6 Å². The second-order valence-electron chi connectivity index (χ2n) is 4.58. The largest absolute Gasteiger partial charge is 0.394 e. The maximum absolute atomic E-state index is 11.9. The van der Waals surface area contributed by atoms with Gasteiger partial charge in [0, 0.05) is 10.7 Å². The summed E-state index contributed by atoms with van der Waals surface area (Å²) in [7, 11) is 0. The number of carbonyl (C=O) groups is 1. The first kappa shape index (κ1) is 15.5. The van der Waals surface area contributed by atoms with E-state index in [1.165, 1.54) is 0 Å². The van der Waals surface area contributed by atoms with Gasteiger partial charge in [-0.25, -0.2) is 0 Å². The summed E-state index contributed by atoms with van der Waals surface area (Å²) in [6, 6.07) is 16.2. The van der Waals surface area contributed by atoms with Crippen molar-refractivity contribution in [3.05, 3.63) is 65.2 Å². The van der Waals surface area contributed by atoms with E-state index in [0.29, 0.717) is 10.7 Å². The van der Waals surface area contributed by atoms with Crippen molar-refractivity contribution in [1.29, 1.82) is 0 Å². The fourth-order valence-corrected chi connectivity index (χ4v) is 2.05. The van der Waals surface area contributed by atoms with E-state index in [0.717, 1.165) is 5.56 Å². The van der Waals surface area contributed by atoms with Crippen molar-refractivity contribution < 1.29 is 9.90 Å². The molecule has 1 atom stereocenters. The second kappa shape index (κ2) is 7.78. The Kier molecular flexibility index (Phi) is 5.75. The minimum Gasteiger partial charge on any atom is -0.394 e. The Morgan fingerprint density at radius 2 is 1.76 bits per heavy atom. The van der Waals surface area contributed by atoms with Gasteiger partial charge in [0.1, 0.15) is 0 Å². The van der Waals surface area contributed by atoms with Gasteiger partial charge in [-0.2, -0.15) is 0 Å². The lowest BCUT2D eigenvalue weighted by atomic mass is 10.1. The summed E-state index contributed by atoms with van der Waals surface area (Å²) >= 11 is 5.78. The molecule has 2 aromatic rings. The summed E-state index contributed by atoms with van der Waals surface area (Å²) in [4.78, 5) is 11.9. The van der Waals surface area contributed by atoms with Crippen LogP contribution in [0.25, 0.3) is 0 Å². The highest BCUT2D eigenvalue weighted by atomic mass is 35.5. The molecule has 0 bridgehead atoms. The molecular weight excluding hydrogens is 288 g/mol. The number of aliphatic hydroxyl groups is 1. The molecule has 0 radical (unpaired) electrons. The fraction of sp³-hybridized carbons (Fsp3) is 0.188. The van der Waals surface area contributed by atoms with Crippen LogP contribution >= 0.6 is 11.6 Å². The third kappa shape index (κ3) is 4.86. The lowest BCUT2D eigenvalue weighted by molar-refractivity contribution is -0.115. The van der Waals surface area contributed by atoms with Crippen molar-refractivity contribution in [2.75, 3.05) is 18.5 Å². The number of hydrogen-bond donors (Lipinski definition) is 3. The number of carbonyl (C=O) groups excluding carboxylic acids is 1. The predicted molar refractivity (Wildman–Crippen MR) is 84.4 cm³/mol. The van der Waals surface area contributed by atoms with Crippen LogP contribution in [0.1, 0.15) is 11.6 Å². The molecule has 0 spiro atoms. The van der Waals surface area contributed by atoms with Gasteiger partial charge in [-0.1, -0.05) is 41.9 Å². The minimum absolute atomic E-state index is 0.0712. The SMILES string of the molecule is O=C(CNC(CO)c1ccccc1)Nc1ccc(Cl)cc1. The van der Waals surface area contributed by atoms with E-state index in [9.17, 15) is 9.90 Å². The first-order valence-corrected chi connectivity index (χ1v) is 7.01. The highest BCUT2D eigenvalue weighted by molar-refractivity contribution is 6.30. The van der Waals surface area contributed by atoms with Gasteiger partial charge in [-0.05, 0) is 29.8 Å². The molecule has 1 amide bonds. The molecule has 2 aromatic carbocycles. The zero-order chi connectivity index (χ0) is 15.1. The number of aliphatic hydroxyl groups excluding tert-OH is 1. The summed E-state index contributed by atoms with van der Waals surface area (Å²) < 4.78 is 0. The van der Waals surface area contributed by atoms with Crippen LogP contribution in [0.3, 0.4) is 0 Å². The quantitative estimate of drug-likeness (QED) is 0.769. The molecule has 4 nitrogen and oxygen atoms in total. The normalized spacial score (nSPS) is 11.9. The molecule has 0 heterocycles. The molecule has 21 heavy (non-hydrogen) atoms. The van der Waals surface area contributed by atoms with Crippen molar-refractivity contribution in [1.82, 2.24) is 5.32 Å². The zero-order valence-corrected chi connectivity index (χ0v) is 12.2. The van der Waals surface area contributed by atoms with Crippen molar-refractivity contribution in [3.8, 4) is 0 Å². The summed E-state index contributed by atoms with van der Waals surface area (Å²) in [6.07, 6.45) is 0. The van der Waals surface area contributed by atoms with Crippen molar-refractivity contribution in [2.45, 2.75) is 6.04 Å². The van der Waals surface area contributed by atoms with Crippen LogP contribution in [0.4, 0.5) is 5.69 Å². The van der Waals surface area contributed by atoms with E-state index in [1.807, 2.05) is 30.3 Å². The predicted octanol–water partition coefficient (Wildman–Crippen LogP) is 2.60. The lowest BCUT2D eigenvalue weighted by Crippen LogP contribution is -2.32. The van der Waals surface area contributed by atoms with Gasteiger partial charge in [0.05, 0.1) is 19.2 Å². The molecule has 0 fully saturated rings. The van der Waals surface area contributed by atoms with E-state index in [2.05, 4.69) is 10.6 Å². The average Bonchev–Trinajstić information content (AvgIpc) is 2.51. The number of nitrogens with one attached hydrogen (secondary N) is 2. The Bertz CT molecular complexity index is 573. The topological polar surface area (TPSA) is 61.4 Å². The summed E-state index contributed by atoms with van der Waals surface area (Å²) in [5.41, 5.74) is 1.63. The van der Waals surface area contributed by atoms with Crippen molar-refractivity contribution in [2.24, 2.45) is 0 Å². The number of halogens is 1. The summed E-state index contributed by atoms with van der Waals surface area (Å²) in [5, 5.41) is 15.8. The van der Waals surface area contributed by atoms with Crippen LogP contribution in [0.2, 0.25) is 5.02 Å². The summed E-state index contributed by atoms with van der Waals surface area (Å²) in [5.74, 6) is -0.174. The molecular formula is C16H17ClN2O2. The van der Waals surface area contributed by atoms with E-state index < -0.39 is 0 Å². The first-order valence-electron chi connectivity index (χ1n) is 6.63. The highest BCUT2D eigenvalue weighted by Gasteiger charge is 2.11. The Balaban J connectivity index is 1.86. The van der Waals surface area contributed by atoms with Crippen LogP contribution < -0.4 is 10.6 Å². The van der Waals surface area contributed by atoms with Gasteiger partial charge in [0.2, 0.25) is 5.91 Å². The van der Waals surface area contributed by atoms with Crippen LogP contribution in [-0.4, -0.2) is 24.2 Å². The van der Waals surface area contributed by atoms with Gasteiger partial charge in [0.25, 0.3) is 0 Å². The lowest BCUT2D eigenvalue weighted by Gasteiger charge is -2.16. The standard InChI is InChI=1S/C16H17ClN2O2/c17-13-6-8-14(9-7-13)19-16(21)10-18-15(11-20)12-4-2-1-3-5-12/h1-9,15,18,20H,10-11H2,(H,19,21). The first-order chi connectivity index (χ1) is 10.2. The maximum atomic E-state index is 11.9. The van der Waals surface area contributed by atoms with Gasteiger partial charge in [0.15, 0.2) is 0 Å². The third-order valence-electron chi connectivity index (χ3n) is 3.02. The Hall–Kier alpha value is -1.88. The van der Waals surface area contributed by atoms with Crippen LogP contribution in [0, 0.1) is 0 Å². The molecule has 110 valence electrons. The number of hydrogen-bond acceptors (Lipinski definition) is 3. The second-order valence-corrected chi connectivity index (χ2v) is 5.02. The molecule has 0 aliphatic heterocycles. The Morgan fingerprint density at radius 3 is 2.38 bits per heavy atom. The third-order valence-corrected chi connectivity index (χ3v) is 3.27. The molecule has 3 N–H and O–H groups in total. The van der Waals surface area contributed by atoms with Crippen LogP contribution in [0.5, 0.6) is 0 Å². The summed E-state index contributed by atoms with van der Waals surface area (Å²) in [6.45, 7) is 0.0426. The molecule has 5 heteroatoms. The van der Waals surface area contributed by atoms with Crippen LogP contribution in [-0.2, 0) is 4.79 Å². The smallest absolute Gasteiger partial charge is 0.238 e. The molecule has 0 aliphatic carbocycles. The van der Waals surface area contributed by atoms with Crippen LogP contribution in [0.15, 0.2) is 54.6 Å². The van der Waals surface area contributed by atoms with E-state index >= 15 is 0 Å². The molecule has 0 aliphatic rings. The van der Waals surface area contributed by atoms with E-state index in [1.54, 1.807) is 24.3 Å². The van der Waals surface area contributed by atoms with Gasteiger partial charge in [-0.3, -0.25) is 10.1 Å². The minimum atomic E-state index is -0.262. The average molecular weight is 305 g/mol. The molecule has 0 aromatic heterocycles. The Morgan fingerprint density at radius 1 is 1.10 bits per heavy atom. The fourth-order valence-electron chi connectivity index (χ4n) is 1.93.